The number of aromatic hydroxyl groups is 1. The highest BCUT2D eigenvalue weighted by Crippen LogP contribution is 2.56. The molecule has 3 fully saturated rings. The Balaban J connectivity index is 1.60. The molecule has 3 nitrogen and oxygen atoms in total. The van der Waals surface area contributed by atoms with E-state index in [1.807, 2.05) is 12.1 Å². The third-order valence-electron chi connectivity index (χ3n) is 7.51. The number of phenols is 1. The number of hydrogen-bond donors (Lipinski definition) is 1. The Hall–Kier alpha value is -1.35. The number of likely N-dealkylation sites (tertiary alicyclic amines) is 1. The average Bonchev–Trinajstić information content (AvgIpc) is 2.56. The van der Waals surface area contributed by atoms with Crippen LogP contribution in [0.4, 0.5) is 0 Å². The van der Waals surface area contributed by atoms with E-state index >= 15 is 0 Å². The molecule has 128 valence electrons. The maximum absolute atomic E-state index is 13.4. The van der Waals surface area contributed by atoms with Crippen molar-refractivity contribution >= 4 is 5.78 Å². The molecule has 1 heterocycles. The van der Waals surface area contributed by atoms with Crippen molar-refractivity contribution < 1.29 is 9.90 Å². The molecule has 1 aromatic carbocycles. The number of hydrogen-bond acceptors (Lipinski definition) is 3. The molecule has 2 bridgehead atoms. The van der Waals surface area contributed by atoms with Gasteiger partial charge in [0.25, 0.3) is 0 Å². The van der Waals surface area contributed by atoms with E-state index in [1.165, 1.54) is 44.9 Å². The Morgan fingerprint density at radius 3 is 2.79 bits per heavy atom. The number of fused-ring (bicyclic) bond motifs is 1. The van der Waals surface area contributed by atoms with Gasteiger partial charge in [-0.1, -0.05) is 19.3 Å². The largest absolute Gasteiger partial charge is 0.508 e. The zero-order valence-corrected chi connectivity index (χ0v) is 14.3. The number of phenolic OH excluding ortho intramolecular Hbond substituents is 1. The molecule has 24 heavy (non-hydrogen) atoms. The summed E-state index contributed by atoms with van der Waals surface area (Å²) in [6.45, 7) is 2.18. The highest BCUT2D eigenvalue weighted by atomic mass is 16.3. The molecule has 1 aliphatic heterocycles. The molecule has 2 unspecified atom stereocenters. The predicted molar refractivity (Wildman–Crippen MR) is 93.4 cm³/mol. The normalized spacial score (nSPS) is 35.9. The lowest BCUT2D eigenvalue weighted by molar-refractivity contribution is -0.0135. The van der Waals surface area contributed by atoms with Gasteiger partial charge in [0.2, 0.25) is 0 Å². The summed E-state index contributed by atoms with van der Waals surface area (Å²) in [6, 6.07) is 5.59. The van der Waals surface area contributed by atoms with Crippen LogP contribution in [0.1, 0.15) is 67.3 Å². The van der Waals surface area contributed by atoms with Crippen LogP contribution < -0.4 is 0 Å². The second kappa shape index (κ2) is 5.32. The number of rotatable bonds is 2. The van der Waals surface area contributed by atoms with Crippen molar-refractivity contribution in [1.82, 2.24) is 4.90 Å². The molecule has 4 aliphatic rings. The zero-order chi connectivity index (χ0) is 16.3. The molecule has 3 aliphatic carbocycles. The lowest BCUT2D eigenvalue weighted by Crippen LogP contribution is -2.64. The van der Waals surface area contributed by atoms with Crippen LogP contribution in [0.15, 0.2) is 18.2 Å². The van der Waals surface area contributed by atoms with Gasteiger partial charge in [0.15, 0.2) is 5.78 Å². The Kier molecular flexibility index (Phi) is 3.31. The molecule has 0 radical (unpaired) electrons. The number of nitrogens with zero attached hydrogens (tertiary/aromatic N) is 1. The highest BCUT2D eigenvalue weighted by molar-refractivity contribution is 6.04. The quantitative estimate of drug-likeness (QED) is 0.897. The van der Waals surface area contributed by atoms with E-state index in [1.54, 1.807) is 6.07 Å². The Bertz CT molecular complexity index is 680. The van der Waals surface area contributed by atoms with Crippen molar-refractivity contribution in [3.63, 3.8) is 0 Å². The zero-order valence-electron chi connectivity index (χ0n) is 14.3. The third kappa shape index (κ3) is 1.97. The second-order valence-electron chi connectivity index (χ2n) is 8.59. The first-order chi connectivity index (χ1) is 11.7. The molecule has 0 spiro atoms. The van der Waals surface area contributed by atoms with E-state index in [0.29, 0.717) is 17.5 Å². The second-order valence-corrected chi connectivity index (χ2v) is 8.59. The van der Waals surface area contributed by atoms with Crippen molar-refractivity contribution in [2.45, 2.75) is 62.8 Å². The van der Waals surface area contributed by atoms with Crippen LogP contribution in [0.25, 0.3) is 0 Å². The molecule has 1 aromatic rings. The molecule has 3 heteroatoms. The van der Waals surface area contributed by atoms with Crippen molar-refractivity contribution in [2.75, 3.05) is 13.1 Å². The van der Waals surface area contributed by atoms with E-state index in [4.69, 9.17) is 0 Å². The average molecular weight is 325 g/mol. The summed E-state index contributed by atoms with van der Waals surface area (Å²) in [4.78, 5) is 15.9. The molecule has 1 saturated heterocycles. The summed E-state index contributed by atoms with van der Waals surface area (Å²) >= 11 is 0. The first kappa shape index (κ1) is 14.9. The van der Waals surface area contributed by atoms with Gasteiger partial charge in [-0.15, -0.1) is 0 Å². The number of ketones is 1. The van der Waals surface area contributed by atoms with Gasteiger partial charge < -0.3 is 5.11 Å². The van der Waals surface area contributed by atoms with Gasteiger partial charge >= 0.3 is 0 Å². The standard InChI is InChI=1S/C21H27NO2/c23-15-7-8-16-18(12-15)21-9-2-1-6-17(21)19(20(16)24)22(11-10-21)13-14-4-3-5-14/h7-8,12,14,17,19,23H,1-6,9-11,13H2/t17?,19?,21-/m0/s1. The first-order valence-corrected chi connectivity index (χ1v) is 9.81. The molecule has 5 rings (SSSR count). The van der Waals surface area contributed by atoms with E-state index in [2.05, 4.69) is 4.90 Å². The lowest BCUT2D eigenvalue weighted by atomic mass is 9.52. The number of piperidine rings is 1. The summed E-state index contributed by atoms with van der Waals surface area (Å²) in [5.74, 6) is 1.92. The van der Waals surface area contributed by atoms with Crippen LogP contribution in [-0.2, 0) is 5.41 Å². The summed E-state index contributed by atoms with van der Waals surface area (Å²) < 4.78 is 0. The maximum Gasteiger partial charge on any atom is 0.180 e. The SMILES string of the molecule is O=C1c2ccc(O)cc2[C@]23CCCCC2C1N(CC1CCC1)CC3. The van der Waals surface area contributed by atoms with Crippen molar-refractivity contribution in [2.24, 2.45) is 11.8 Å². The molecule has 1 N–H and O–H groups in total. The highest BCUT2D eigenvalue weighted by Gasteiger charge is 2.57. The summed E-state index contributed by atoms with van der Waals surface area (Å²) in [7, 11) is 0. The van der Waals surface area contributed by atoms with Gasteiger partial charge in [-0.25, -0.2) is 0 Å². The van der Waals surface area contributed by atoms with Crippen molar-refractivity contribution in [3.05, 3.63) is 29.3 Å². The van der Waals surface area contributed by atoms with Crippen LogP contribution >= 0.6 is 0 Å². The maximum atomic E-state index is 13.4. The summed E-state index contributed by atoms with van der Waals surface area (Å²) in [5, 5.41) is 10.0. The fourth-order valence-corrected chi connectivity index (χ4v) is 6.12. The van der Waals surface area contributed by atoms with Gasteiger partial charge in [-0.2, -0.15) is 0 Å². The van der Waals surface area contributed by atoms with Gasteiger partial charge in [0, 0.05) is 17.5 Å². The van der Waals surface area contributed by atoms with Crippen LogP contribution in [0.5, 0.6) is 5.75 Å². The number of Topliss-reactive ketones (excluding diaryl/α,β-unsaturated/α-hetero) is 1. The molecular weight excluding hydrogens is 298 g/mol. The lowest BCUT2D eigenvalue weighted by Gasteiger charge is -2.58. The van der Waals surface area contributed by atoms with Crippen molar-refractivity contribution in [3.8, 4) is 5.75 Å². The van der Waals surface area contributed by atoms with Crippen LogP contribution in [-0.4, -0.2) is 34.9 Å². The van der Waals surface area contributed by atoms with Crippen molar-refractivity contribution in [1.29, 1.82) is 0 Å². The number of carbonyl (C=O) groups is 1. The van der Waals surface area contributed by atoms with Gasteiger partial charge in [-0.3, -0.25) is 9.69 Å². The Morgan fingerprint density at radius 1 is 1.12 bits per heavy atom. The van der Waals surface area contributed by atoms with E-state index < -0.39 is 0 Å². The molecular formula is C21H27NO2. The number of benzene rings is 1. The molecule has 0 aromatic heterocycles. The van der Waals surface area contributed by atoms with Crippen LogP contribution in [0.2, 0.25) is 0 Å². The molecule has 3 atom stereocenters. The van der Waals surface area contributed by atoms with Crippen LogP contribution in [0.3, 0.4) is 0 Å². The summed E-state index contributed by atoms with van der Waals surface area (Å²) in [5.41, 5.74) is 2.20. The van der Waals surface area contributed by atoms with E-state index in [0.717, 1.165) is 36.6 Å². The minimum absolute atomic E-state index is 0.0942. The predicted octanol–water partition coefficient (Wildman–Crippen LogP) is 3.89. The minimum Gasteiger partial charge on any atom is -0.508 e. The first-order valence-electron chi connectivity index (χ1n) is 9.81. The van der Waals surface area contributed by atoms with E-state index in [9.17, 15) is 9.90 Å². The monoisotopic (exact) mass is 325 g/mol. The van der Waals surface area contributed by atoms with E-state index in [-0.39, 0.29) is 11.5 Å². The number of carbonyl (C=O) groups excluding carboxylic acids is 1. The fraction of sp³-hybridized carbons (Fsp3) is 0.667. The minimum atomic E-state index is 0.0942. The van der Waals surface area contributed by atoms with Gasteiger partial charge in [0.1, 0.15) is 5.75 Å². The summed E-state index contributed by atoms with van der Waals surface area (Å²) in [6.07, 6.45) is 10.1. The Labute approximate surface area is 144 Å². The van der Waals surface area contributed by atoms with Gasteiger partial charge in [-0.05, 0) is 74.2 Å². The third-order valence-corrected chi connectivity index (χ3v) is 7.51. The molecule has 2 saturated carbocycles. The van der Waals surface area contributed by atoms with Crippen LogP contribution in [0, 0.1) is 11.8 Å². The molecule has 0 amide bonds. The fourth-order valence-electron chi connectivity index (χ4n) is 6.12. The smallest absolute Gasteiger partial charge is 0.180 e. The van der Waals surface area contributed by atoms with Gasteiger partial charge in [0.05, 0.1) is 6.04 Å². The topological polar surface area (TPSA) is 40.5 Å². The Morgan fingerprint density at radius 2 is 2.00 bits per heavy atom.